The highest BCUT2D eigenvalue weighted by Gasteiger charge is 2.35. The van der Waals surface area contributed by atoms with E-state index in [-0.39, 0.29) is 23.7 Å². The fourth-order valence-corrected chi connectivity index (χ4v) is 4.49. The molecule has 1 fully saturated rings. The maximum atomic E-state index is 12.8. The molecule has 0 bridgehead atoms. The Balaban J connectivity index is 1.44. The molecule has 0 aromatic heterocycles. The smallest absolute Gasteiger partial charge is 0.293 e. The summed E-state index contributed by atoms with van der Waals surface area (Å²) < 4.78 is 5.82. The van der Waals surface area contributed by atoms with Crippen molar-refractivity contribution < 1.29 is 19.2 Å². The zero-order chi connectivity index (χ0) is 24.2. The molecule has 1 aliphatic heterocycles. The number of nitrogens with zero attached hydrogens (tertiary/aromatic N) is 2. The predicted octanol–water partition coefficient (Wildman–Crippen LogP) is 6.72. The monoisotopic (exact) mass is 514 g/mol. The van der Waals surface area contributed by atoms with E-state index in [0.717, 1.165) is 22.2 Å². The number of hydrogen-bond donors (Lipinski definition) is 0. The van der Waals surface area contributed by atoms with Gasteiger partial charge in [0.25, 0.3) is 16.8 Å². The predicted molar refractivity (Wildman–Crippen MR) is 132 cm³/mol. The second kappa shape index (κ2) is 10.3. The highest BCUT2D eigenvalue weighted by molar-refractivity contribution is 8.18. The van der Waals surface area contributed by atoms with Gasteiger partial charge < -0.3 is 4.74 Å². The molecule has 1 heterocycles. The SMILES string of the molecule is O=C1S/C(=C\c2cccc(OCc3ccc(Cl)cc3Cl)c2)C(=O)N1Cc1ccc([N+](=O)[O-])cc1. The summed E-state index contributed by atoms with van der Waals surface area (Å²) in [5.74, 6) is 0.150. The summed E-state index contributed by atoms with van der Waals surface area (Å²) >= 11 is 12.9. The van der Waals surface area contributed by atoms with Crippen LogP contribution in [-0.2, 0) is 17.9 Å². The fraction of sp³-hybridized carbons (Fsp3) is 0.0833. The van der Waals surface area contributed by atoms with Crippen LogP contribution >= 0.6 is 35.0 Å². The first-order valence-electron chi connectivity index (χ1n) is 9.95. The van der Waals surface area contributed by atoms with Crippen molar-refractivity contribution in [2.45, 2.75) is 13.2 Å². The first-order chi connectivity index (χ1) is 16.3. The van der Waals surface area contributed by atoms with E-state index in [1.54, 1.807) is 48.5 Å². The van der Waals surface area contributed by atoms with Crippen LogP contribution in [0.1, 0.15) is 16.7 Å². The van der Waals surface area contributed by atoms with E-state index in [1.807, 2.05) is 0 Å². The minimum Gasteiger partial charge on any atom is -0.489 e. The van der Waals surface area contributed by atoms with E-state index in [9.17, 15) is 19.7 Å². The molecule has 7 nitrogen and oxygen atoms in total. The fourth-order valence-electron chi connectivity index (χ4n) is 3.19. The van der Waals surface area contributed by atoms with Crippen LogP contribution in [0.3, 0.4) is 0 Å². The van der Waals surface area contributed by atoms with Crippen molar-refractivity contribution in [1.29, 1.82) is 0 Å². The van der Waals surface area contributed by atoms with Gasteiger partial charge in [-0.15, -0.1) is 0 Å². The average Bonchev–Trinajstić information content (AvgIpc) is 3.06. The van der Waals surface area contributed by atoms with Crippen molar-refractivity contribution in [3.8, 4) is 5.75 Å². The highest BCUT2D eigenvalue weighted by atomic mass is 35.5. The Bertz CT molecular complexity index is 1310. The average molecular weight is 515 g/mol. The van der Waals surface area contributed by atoms with Gasteiger partial charge in [0.2, 0.25) is 0 Å². The molecule has 0 atom stereocenters. The number of nitro groups is 1. The number of carbonyl (C=O) groups is 2. The summed E-state index contributed by atoms with van der Waals surface area (Å²) in [5, 5.41) is 11.4. The molecule has 0 unspecified atom stereocenters. The molecular formula is C24H16Cl2N2O5S. The summed E-state index contributed by atoms with van der Waals surface area (Å²) in [7, 11) is 0. The lowest BCUT2D eigenvalue weighted by Gasteiger charge is -2.12. The molecule has 2 amide bonds. The summed E-state index contributed by atoms with van der Waals surface area (Å²) in [5.41, 5.74) is 2.04. The molecule has 4 rings (SSSR count). The second-order valence-electron chi connectivity index (χ2n) is 7.29. The summed E-state index contributed by atoms with van der Waals surface area (Å²) in [6.07, 6.45) is 1.63. The van der Waals surface area contributed by atoms with Crippen molar-refractivity contribution in [1.82, 2.24) is 4.90 Å². The zero-order valence-electron chi connectivity index (χ0n) is 17.4. The lowest BCUT2D eigenvalue weighted by molar-refractivity contribution is -0.384. The maximum Gasteiger partial charge on any atom is 0.293 e. The third-order valence-corrected chi connectivity index (χ3v) is 6.42. The molecule has 34 heavy (non-hydrogen) atoms. The lowest BCUT2D eigenvalue weighted by Crippen LogP contribution is -2.27. The van der Waals surface area contributed by atoms with E-state index in [4.69, 9.17) is 27.9 Å². The van der Waals surface area contributed by atoms with Gasteiger partial charge in [-0.25, -0.2) is 0 Å². The molecule has 1 saturated heterocycles. The summed E-state index contributed by atoms with van der Waals surface area (Å²) in [4.78, 5) is 36.9. The van der Waals surface area contributed by atoms with Crippen molar-refractivity contribution >= 4 is 57.9 Å². The Morgan fingerprint density at radius 1 is 1.03 bits per heavy atom. The molecule has 0 N–H and O–H groups in total. The Morgan fingerprint density at radius 3 is 2.50 bits per heavy atom. The van der Waals surface area contributed by atoms with Gasteiger partial charge in [-0.2, -0.15) is 0 Å². The van der Waals surface area contributed by atoms with E-state index < -0.39 is 16.1 Å². The largest absolute Gasteiger partial charge is 0.489 e. The molecule has 10 heteroatoms. The standard InChI is InChI=1S/C24H16Cl2N2O5S/c25-18-7-6-17(21(26)12-18)14-33-20-3-1-2-16(10-20)11-22-23(29)27(24(30)34-22)13-15-4-8-19(9-5-15)28(31)32/h1-12H,13-14H2/b22-11-. The number of hydrogen-bond acceptors (Lipinski definition) is 6. The Labute approximate surface area is 209 Å². The Morgan fingerprint density at radius 2 is 1.79 bits per heavy atom. The van der Waals surface area contributed by atoms with Crippen LogP contribution in [0.2, 0.25) is 10.0 Å². The molecular weight excluding hydrogens is 499 g/mol. The number of imide groups is 1. The molecule has 3 aromatic rings. The summed E-state index contributed by atoms with van der Waals surface area (Å²) in [6, 6.07) is 18.0. The topological polar surface area (TPSA) is 89.8 Å². The number of non-ortho nitro benzene ring substituents is 1. The van der Waals surface area contributed by atoms with Crippen molar-refractivity contribution in [3.63, 3.8) is 0 Å². The van der Waals surface area contributed by atoms with E-state index in [2.05, 4.69) is 0 Å². The van der Waals surface area contributed by atoms with Gasteiger partial charge in [0.1, 0.15) is 12.4 Å². The molecule has 0 saturated carbocycles. The number of thioether (sulfide) groups is 1. The molecule has 172 valence electrons. The van der Waals surface area contributed by atoms with Crippen LogP contribution in [0.5, 0.6) is 5.75 Å². The van der Waals surface area contributed by atoms with Crippen LogP contribution in [0.15, 0.2) is 71.6 Å². The number of halogens is 2. The molecule has 0 radical (unpaired) electrons. The number of nitro benzene ring substituents is 1. The van der Waals surface area contributed by atoms with Gasteiger partial charge in [0, 0.05) is 27.7 Å². The molecule has 0 aliphatic carbocycles. The number of amides is 2. The van der Waals surface area contributed by atoms with Gasteiger partial charge >= 0.3 is 0 Å². The molecule has 3 aromatic carbocycles. The molecule has 0 spiro atoms. The minimum atomic E-state index is -0.505. The van der Waals surface area contributed by atoms with Gasteiger partial charge in [-0.05, 0) is 53.2 Å². The van der Waals surface area contributed by atoms with E-state index in [0.29, 0.717) is 26.9 Å². The quantitative estimate of drug-likeness (QED) is 0.197. The van der Waals surface area contributed by atoms with Gasteiger partial charge in [-0.3, -0.25) is 24.6 Å². The first-order valence-corrected chi connectivity index (χ1v) is 11.5. The van der Waals surface area contributed by atoms with Crippen molar-refractivity contribution in [2.24, 2.45) is 0 Å². The summed E-state index contributed by atoms with van der Waals surface area (Å²) in [6.45, 7) is 0.274. The van der Waals surface area contributed by atoms with Gasteiger partial charge in [0.05, 0.1) is 16.4 Å². The van der Waals surface area contributed by atoms with Crippen LogP contribution in [0, 0.1) is 10.1 Å². The second-order valence-corrected chi connectivity index (χ2v) is 9.13. The van der Waals surface area contributed by atoms with Crippen LogP contribution in [0.4, 0.5) is 10.5 Å². The van der Waals surface area contributed by atoms with Crippen molar-refractivity contribution in [2.75, 3.05) is 0 Å². The number of carbonyl (C=O) groups excluding carboxylic acids is 2. The Kier molecular flexibility index (Phi) is 7.21. The first kappa shape index (κ1) is 23.8. The van der Waals surface area contributed by atoms with Gasteiger partial charge in [-0.1, -0.05) is 53.5 Å². The van der Waals surface area contributed by atoms with Crippen LogP contribution in [-0.4, -0.2) is 21.0 Å². The normalized spacial score (nSPS) is 14.6. The Hall–Kier alpha value is -3.33. The third-order valence-electron chi connectivity index (χ3n) is 4.93. The van der Waals surface area contributed by atoms with Crippen LogP contribution < -0.4 is 4.74 Å². The number of benzene rings is 3. The zero-order valence-corrected chi connectivity index (χ0v) is 19.8. The third kappa shape index (κ3) is 5.59. The highest BCUT2D eigenvalue weighted by Crippen LogP contribution is 2.34. The lowest BCUT2D eigenvalue weighted by atomic mass is 10.2. The number of rotatable bonds is 7. The minimum absolute atomic E-state index is 0.0327. The maximum absolute atomic E-state index is 12.8. The van der Waals surface area contributed by atoms with Gasteiger partial charge in [0.15, 0.2) is 0 Å². The van der Waals surface area contributed by atoms with Crippen LogP contribution in [0.25, 0.3) is 6.08 Å². The number of ether oxygens (including phenoxy) is 1. The molecule has 1 aliphatic rings. The van der Waals surface area contributed by atoms with Crippen molar-refractivity contribution in [3.05, 3.63) is 108 Å². The van der Waals surface area contributed by atoms with E-state index >= 15 is 0 Å². The van der Waals surface area contributed by atoms with E-state index in [1.165, 1.54) is 24.3 Å².